The summed E-state index contributed by atoms with van der Waals surface area (Å²) in [5, 5.41) is 23.4. The van der Waals surface area contributed by atoms with Gasteiger partial charge < -0.3 is 20.3 Å². The third kappa shape index (κ3) is 61.9. The van der Waals surface area contributed by atoms with Crippen LogP contribution in [0.5, 0.6) is 0 Å². The Morgan fingerprint density at radius 2 is 0.547 bits per heavy atom. The molecule has 0 saturated carbocycles. The second-order valence-electron chi connectivity index (χ2n) is 24.2. The van der Waals surface area contributed by atoms with Crippen molar-refractivity contribution in [1.29, 1.82) is 0 Å². The molecule has 0 heterocycles. The molecular weight excluding hydrogens is 923 g/mol. The zero-order valence-corrected chi connectivity index (χ0v) is 51.3. The standard InChI is InChI=1S/C69H137NO5/c1-3-5-7-9-11-13-15-17-18-19-20-25-28-31-34-38-41-45-49-53-57-61-67(72)66(65-71)70-68(73)62-58-54-50-46-42-39-35-32-29-26-23-21-22-24-27-30-33-36-40-44-48-52-56-60-64-75-69(74)63-59-55-51-47-43-37-16-14-12-10-8-6-4-2/h66-67,71-72H,3-65H2,1-2H3,(H,70,73). The minimum atomic E-state index is -0.663. The fourth-order valence-electron chi connectivity index (χ4n) is 11.4. The van der Waals surface area contributed by atoms with E-state index >= 15 is 0 Å². The van der Waals surface area contributed by atoms with E-state index in [-0.39, 0.29) is 18.5 Å². The Hall–Kier alpha value is -1.14. The minimum Gasteiger partial charge on any atom is -0.466 e. The summed E-state index contributed by atoms with van der Waals surface area (Å²) in [6, 6.07) is -0.540. The van der Waals surface area contributed by atoms with E-state index in [9.17, 15) is 19.8 Å². The van der Waals surface area contributed by atoms with Gasteiger partial charge in [-0.2, -0.15) is 0 Å². The highest BCUT2D eigenvalue weighted by atomic mass is 16.5. The summed E-state index contributed by atoms with van der Waals surface area (Å²) in [5.74, 6) is -0.0100. The molecule has 0 aromatic heterocycles. The van der Waals surface area contributed by atoms with Crippen LogP contribution in [0.2, 0.25) is 0 Å². The second-order valence-corrected chi connectivity index (χ2v) is 24.2. The van der Waals surface area contributed by atoms with Crippen LogP contribution in [0.3, 0.4) is 0 Å². The van der Waals surface area contributed by atoms with Gasteiger partial charge in [0.2, 0.25) is 5.91 Å². The van der Waals surface area contributed by atoms with Gasteiger partial charge in [-0.1, -0.05) is 367 Å². The van der Waals surface area contributed by atoms with E-state index in [1.807, 2.05) is 0 Å². The van der Waals surface area contributed by atoms with Gasteiger partial charge in [-0.15, -0.1) is 0 Å². The first-order valence-electron chi connectivity index (χ1n) is 34.8. The molecule has 6 heteroatoms. The van der Waals surface area contributed by atoms with E-state index in [4.69, 9.17) is 4.74 Å². The molecule has 0 aliphatic rings. The maximum atomic E-state index is 12.5. The first-order valence-corrected chi connectivity index (χ1v) is 34.8. The number of ether oxygens (including phenoxy) is 1. The Balaban J connectivity index is 3.36. The van der Waals surface area contributed by atoms with Crippen molar-refractivity contribution in [2.75, 3.05) is 13.2 Å². The maximum Gasteiger partial charge on any atom is 0.305 e. The van der Waals surface area contributed by atoms with E-state index in [1.54, 1.807) is 0 Å². The fraction of sp³-hybridized carbons (Fsp3) is 0.971. The summed E-state index contributed by atoms with van der Waals surface area (Å²) < 4.78 is 5.49. The molecular formula is C69H137NO5. The van der Waals surface area contributed by atoms with E-state index < -0.39 is 12.1 Å². The van der Waals surface area contributed by atoms with Crippen molar-refractivity contribution in [2.24, 2.45) is 0 Å². The van der Waals surface area contributed by atoms with Crippen molar-refractivity contribution < 1.29 is 24.5 Å². The second kappa shape index (κ2) is 65.4. The molecule has 0 aromatic rings. The van der Waals surface area contributed by atoms with E-state index in [2.05, 4.69) is 19.2 Å². The summed E-state index contributed by atoms with van der Waals surface area (Å²) in [7, 11) is 0. The fourth-order valence-corrected chi connectivity index (χ4v) is 11.4. The molecule has 0 aliphatic heterocycles. The predicted octanol–water partition coefficient (Wildman–Crippen LogP) is 22.2. The molecule has 0 bridgehead atoms. The highest BCUT2D eigenvalue weighted by Crippen LogP contribution is 2.19. The van der Waals surface area contributed by atoms with Gasteiger partial charge in [-0.05, 0) is 25.7 Å². The Labute approximate surface area is 470 Å². The smallest absolute Gasteiger partial charge is 0.305 e. The van der Waals surface area contributed by atoms with Gasteiger partial charge in [-0.25, -0.2) is 0 Å². The van der Waals surface area contributed by atoms with Crippen LogP contribution in [0.15, 0.2) is 0 Å². The Morgan fingerprint density at radius 1 is 0.320 bits per heavy atom. The first kappa shape index (κ1) is 73.9. The number of nitrogens with one attached hydrogen (secondary N) is 1. The van der Waals surface area contributed by atoms with Crippen LogP contribution in [0.1, 0.15) is 406 Å². The van der Waals surface area contributed by atoms with Crippen molar-refractivity contribution in [1.82, 2.24) is 5.32 Å². The minimum absolute atomic E-state index is 0.0184. The van der Waals surface area contributed by atoms with Gasteiger partial charge in [-0.3, -0.25) is 9.59 Å². The summed E-state index contributed by atoms with van der Waals surface area (Å²) >= 11 is 0. The topological polar surface area (TPSA) is 95.9 Å². The highest BCUT2D eigenvalue weighted by molar-refractivity contribution is 5.76. The molecule has 0 spiro atoms. The third-order valence-electron chi connectivity index (χ3n) is 16.7. The number of aliphatic hydroxyl groups is 2. The Kier molecular flexibility index (Phi) is 64.4. The van der Waals surface area contributed by atoms with Gasteiger partial charge in [0.25, 0.3) is 0 Å². The van der Waals surface area contributed by atoms with E-state index in [0.717, 1.165) is 38.5 Å². The molecule has 0 radical (unpaired) electrons. The number of hydrogen-bond acceptors (Lipinski definition) is 5. The number of unbranched alkanes of at least 4 members (excludes halogenated alkanes) is 55. The van der Waals surface area contributed by atoms with Crippen molar-refractivity contribution in [3.8, 4) is 0 Å². The molecule has 2 unspecified atom stereocenters. The monoisotopic (exact) mass is 1060 g/mol. The number of esters is 1. The summed E-state index contributed by atoms with van der Waals surface area (Å²) in [5.41, 5.74) is 0. The molecule has 448 valence electrons. The maximum absolute atomic E-state index is 12.5. The number of hydrogen-bond donors (Lipinski definition) is 3. The largest absolute Gasteiger partial charge is 0.466 e. The number of amides is 1. The Morgan fingerprint density at radius 3 is 0.813 bits per heavy atom. The van der Waals surface area contributed by atoms with Crippen LogP contribution in [-0.4, -0.2) is 47.4 Å². The average molecular weight is 1060 g/mol. The third-order valence-corrected chi connectivity index (χ3v) is 16.7. The molecule has 0 saturated heterocycles. The quantitative estimate of drug-likeness (QED) is 0.0417. The predicted molar refractivity (Wildman–Crippen MR) is 329 cm³/mol. The van der Waals surface area contributed by atoms with Gasteiger partial charge >= 0.3 is 5.97 Å². The van der Waals surface area contributed by atoms with E-state index in [1.165, 1.54) is 334 Å². The van der Waals surface area contributed by atoms with Gasteiger partial charge in [0.15, 0.2) is 0 Å². The molecule has 0 fully saturated rings. The van der Waals surface area contributed by atoms with Crippen molar-refractivity contribution >= 4 is 11.9 Å². The molecule has 75 heavy (non-hydrogen) atoms. The SMILES string of the molecule is CCCCCCCCCCCCCCCCCCCCCCCC(O)C(CO)NC(=O)CCCCCCCCCCCCCCCCCCCCCCCCCCOC(=O)CCCCCCCCCCCCCCC. The number of aliphatic hydroxyl groups excluding tert-OH is 2. The summed E-state index contributed by atoms with van der Waals surface area (Å²) in [6.45, 7) is 5.00. The van der Waals surface area contributed by atoms with Crippen LogP contribution in [-0.2, 0) is 14.3 Å². The van der Waals surface area contributed by atoms with E-state index in [0.29, 0.717) is 25.9 Å². The molecule has 1 amide bonds. The van der Waals surface area contributed by atoms with Crippen LogP contribution in [0.25, 0.3) is 0 Å². The molecule has 6 nitrogen and oxygen atoms in total. The normalized spacial score (nSPS) is 12.4. The number of rotatable bonds is 66. The lowest BCUT2D eigenvalue weighted by Gasteiger charge is -2.22. The lowest BCUT2D eigenvalue weighted by atomic mass is 10.0. The van der Waals surface area contributed by atoms with Crippen molar-refractivity contribution in [2.45, 2.75) is 418 Å². The van der Waals surface area contributed by atoms with Crippen LogP contribution in [0, 0.1) is 0 Å². The van der Waals surface area contributed by atoms with Gasteiger partial charge in [0.1, 0.15) is 0 Å². The summed E-state index contributed by atoms with van der Waals surface area (Å²) in [4.78, 5) is 24.6. The average Bonchev–Trinajstić information content (AvgIpc) is 3.41. The lowest BCUT2D eigenvalue weighted by Crippen LogP contribution is -2.45. The van der Waals surface area contributed by atoms with Gasteiger partial charge in [0, 0.05) is 12.8 Å². The van der Waals surface area contributed by atoms with Crippen molar-refractivity contribution in [3.05, 3.63) is 0 Å². The molecule has 0 aliphatic carbocycles. The molecule has 2 atom stereocenters. The van der Waals surface area contributed by atoms with Crippen LogP contribution >= 0.6 is 0 Å². The summed E-state index contributed by atoms with van der Waals surface area (Å²) in [6.07, 6.45) is 78.6. The van der Waals surface area contributed by atoms with Crippen LogP contribution < -0.4 is 5.32 Å². The number of carbonyl (C=O) groups excluding carboxylic acids is 2. The Bertz CT molecular complexity index is 1080. The molecule has 0 rings (SSSR count). The first-order chi connectivity index (χ1) is 37.0. The lowest BCUT2D eigenvalue weighted by molar-refractivity contribution is -0.143. The number of carbonyl (C=O) groups is 2. The zero-order chi connectivity index (χ0) is 54.3. The zero-order valence-electron chi connectivity index (χ0n) is 51.3. The van der Waals surface area contributed by atoms with Gasteiger partial charge in [0.05, 0.1) is 25.4 Å². The van der Waals surface area contributed by atoms with Crippen molar-refractivity contribution in [3.63, 3.8) is 0 Å². The molecule has 0 aromatic carbocycles. The highest BCUT2D eigenvalue weighted by Gasteiger charge is 2.20. The molecule has 3 N–H and O–H groups in total. The van der Waals surface area contributed by atoms with Crippen LogP contribution in [0.4, 0.5) is 0 Å².